The summed E-state index contributed by atoms with van der Waals surface area (Å²) >= 11 is 0. The molecule has 0 aliphatic carbocycles. The van der Waals surface area contributed by atoms with E-state index in [-0.39, 0.29) is 11.9 Å². The fourth-order valence-corrected chi connectivity index (χ4v) is 1.54. The Morgan fingerprint density at radius 1 is 1.50 bits per heavy atom. The molecule has 0 saturated heterocycles. The summed E-state index contributed by atoms with van der Waals surface area (Å²) in [6.07, 6.45) is 0.494. The van der Waals surface area contributed by atoms with Crippen LogP contribution in [0.4, 0.5) is 0 Å². The maximum Gasteiger partial charge on any atom is 0.221 e. The summed E-state index contributed by atoms with van der Waals surface area (Å²) in [5.74, 6) is 1.70. The van der Waals surface area contributed by atoms with Crippen LogP contribution in [0.5, 0.6) is 0 Å². The number of amides is 1. The topological polar surface area (TPSA) is 54.3 Å². The largest absolute Gasteiger partial charge is 0.465 e. The van der Waals surface area contributed by atoms with Crippen LogP contribution in [0.2, 0.25) is 0 Å². The molecular formula is C12H20N2O2. The van der Waals surface area contributed by atoms with Gasteiger partial charge in [0.15, 0.2) is 0 Å². The maximum absolute atomic E-state index is 11.5. The van der Waals surface area contributed by atoms with E-state index in [4.69, 9.17) is 4.42 Å². The SMILES string of the molecule is CCNC(C)CC(=O)NCc1ccc(C)o1. The molecule has 0 radical (unpaired) electrons. The van der Waals surface area contributed by atoms with Crippen molar-refractivity contribution in [3.8, 4) is 0 Å². The van der Waals surface area contributed by atoms with Gasteiger partial charge < -0.3 is 15.1 Å². The molecule has 1 amide bonds. The van der Waals surface area contributed by atoms with Gasteiger partial charge in [0.05, 0.1) is 6.54 Å². The summed E-state index contributed by atoms with van der Waals surface area (Å²) < 4.78 is 5.36. The molecule has 4 nitrogen and oxygen atoms in total. The Morgan fingerprint density at radius 3 is 2.81 bits per heavy atom. The first-order valence-corrected chi connectivity index (χ1v) is 5.67. The smallest absolute Gasteiger partial charge is 0.221 e. The molecule has 1 aromatic heterocycles. The number of carbonyl (C=O) groups is 1. The molecule has 2 N–H and O–H groups in total. The minimum atomic E-state index is 0.0440. The van der Waals surface area contributed by atoms with Crippen LogP contribution in [0.1, 0.15) is 31.8 Å². The standard InChI is InChI=1S/C12H20N2O2/c1-4-13-9(2)7-12(15)14-8-11-6-5-10(3)16-11/h5-6,9,13H,4,7-8H2,1-3H3,(H,14,15). The number of hydrogen-bond donors (Lipinski definition) is 2. The molecule has 90 valence electrons. The van der Waals surface area contributed by atoms with Crippen molar-refractivity contribution in [2.24, 2.45) is 0 Å². The lowest BCUT2D eigenvalue weighted by Crippen LogP contribution is -2.33. The van der Waals surface area contributed by atoms with E-state index in [2.05, 4.69) is 10.6 Å². The Balaban J connectivity index is 2.25. The molecule has 1 rings (SSSR count). The summed E-state index contributed by atoms with van der Waals surface area (Å²) in [5, 5.41) is 6.02. The minimum absolute atomic E-state index is 0.0440. The first-order valence-electron chi connectivity index (χ1n) is 5.67. The summed E-state index contributed by atoms with van der Waals surface area (Å²) in [5.41, 5.74) is 0. The zero-order valence-corrected chi connectivity index (χ0v) is 10.2. The van der Waals surface area contributed by atoms with Crippen LogP contribution in [0, 0.1) is 6.92 Å². The second-order valence-electron chi connectivity index (χ2n) is 3.95. The third-order valence-corrected chi connectivity index (χ3v) is 2.30. The summed E-state index contributed by atoms with van der Waals surface area (Å²) in [4.78, 5) is 11.5. The number of nitrogens with one attached hydrogen (secondary N) is 2. The first kappa shape index (κ1) is 12.8. The van der Waals surface area contributed by atoms with Crippen LogP contribution in [0.3, 0.4) is 0 Å². The molecular weight excluding hydrogens is 204 g/mol. The van der Waals surface area contributed by atoms with E-state index < -0.39 is 0 Å². The van der Waals surface area contributed by atoms with Crippen LogP contribution in [-0.4, -0.2) is 18.5 Å². The Morgan fingerprint density at radius 2 is 2.25 bits per heavy atom. The molecule has 0 aromatic carbocycles. The Bertz CT molecular complexity index is 334. The molecule has 0 spiro atoms. The molecule has 1 aromatic rings. The van der Waals surface area contributed by atoms with Crippen molar-refractivity contribution < 1.29 is 9.21 Å². The summed E-state index contributed by atoms with van der Waals surface area (Å²) in [7, 11) is 0. The lowest BCUT2D eigenvalue weighted by Gasteiger charge is -2.11. The Labute approximate surface area is 96.4 Å². The van der Waals surface area contributed by atoms with E-state index >= 15 is 0 Å². The quantitative estimate of drug-likeness (QED) is 0.771. The molecule has 0 aliphatic rings. The molecule has 1 heterocycles. The van der Waals surface area contributed by atoms with E-state index in [0.29, 0.717) is 13.0 Å². The van der Waals surface area contributed by atoms with Gasteiger partial charge in [0.25, 0.3) is 0 Å². The van der Waals surface area contributed by atoms with E-state index in [1.807, 2.05) is 32.9 Å². The summed E-state index contributed by atoms with van der Waals surface area (Å²) in [6, 6.07) is 3.98. The molecule has 0 saturated carbocycles. The van der Waals surface area contributed by atoms with Gasteiger partial charge in [-0.1, -0.05) is 6.92 Å². The number of rotatable bonds is 6. The van der Waals surface area contributed by atoms with Crippen molar-refractivity contribution >= 4 is 5.91 Å². The predicted octanol–water partition coefficient (Wildman–Crippen LogP) is 1.59. The lowest BCUT2D eigenvalue weighted by molar-refractivity contribution is -0.121. The molecule has 1 unspecified atom stereocenters. The van der Waals surface area contributed by atoms with Gasteiger partial charge in [0.2, 0.25) is 5.91 Å². The van der Waals surface area contributed by atoms with Crippen molar-refractivity contribution in [2.75, 3.05) is 6.54 Å². The van der Waals surface area contributed by atoms with Gasteiger partial charge in [-0.25, -0.2) is 0 Å². The number of carbonyl (C=O) groups excluding carboxylic acids is 1. The van der Waals surface area contributed by atoms with Crippen molar-refractivity contribution in [1.82, 2.24) is 10.6 Å². The fourth-order valence-electron chi connectivity index (χ4n) is 1.54. The summed E-state index contributed by atoms with van der Waals surface area (Å²) in [6.45, 7) is 7.26. The fraction of sp³-hybridized carbons (Fsp3) is 0.583. The van der Waals surface area contributed by atoms with E-state index in [0.717, 1.165) is 18.1 Å². The average Bonchev–Trinajstić information content (AvgIpc) is 2.61. The van der Waals surface area contributed by atoms with Crippen LogP contribution >= 0.6 is 0 Å². The third-order valence-electron chi connectivity index (χ3n) is 2.30. The highest BCUT2D eigenvalue weighted by Crippen LogP contribution is 2.05. The highest BCUT2D eigenvalue weighted by molar-refractivity contribution is 5.76. The van der Waals surface area contributed by atoms with Gasteiger partial charge in [-0.15, -0.1) is 0 Å². The Kier molecular flexibility index (Phi) is 5.05. The highest BCUT2D eigenvalue weighted by atomic mass is 16.3. The third kappa shape index (κ3) is 4.49. The molecule has 0 bridgehead atoms. The van der Waals surface area contributed by atoms with Crippen molar-refractivity contribution in [1.29, 1.82) is 0 Å². The van der Waals surface area contributed by atoms with Gasteiger partial charge >= 0.3 is 0 Å². The average molecular weight is 224 g/mol. The Hall–Kier alpha value is -1.29. The van der Waals surface area contributed by atoms with E-state index in [9.17, 15) is 4.79 Å². The van der Waals surface area contributed by atoms with Crippen LogP contribution in [-0.2, 0) is 11.3 Å². The van der Waals surface area contributed by atoms with Crippen molar-refractivity contribution in [3.63, 3.8) is 0 Å². The van der Waals surface area contributed by atoms with Gasteiger partial charge in [-0.05, 0) is 32.5 Å². The van der Waals surface area contributed by atoms with Gasteiger partial charge in [0.1, 0.15) is 11.5 Å². The van der Waals surface area contributed by atoms with Crippen LogP contribution in [0.15, 0.2) is 16.5 Å². The molecule has 0 aliphatic heterocycles. The molecule has 1 atom stereocenters. The molecule has 0 fully saturated rings. The zero-order valence-electron chi connectivity index (χ0n) is 10.2. The maximum atomic E-state index is 11.5. The number of furan rings is 1. The normalized spacial score (nSPS) is 12.4. The van der Waals surface area contributed by atoms with Crippen molar-refractivity contribution in [2.45, 2.75) is 39.8 Å². The van der Waals surface area contributed by atoms with Gasteiger partial charge in [-0.2, -0.15) is 0 Å². The van der Waals surface area contributed by atoms with Crippen molar-refractivity contribution in [3.05, 3.63) is 23.7 Å². The second-order valence-corrected chi connectivity index (χ2v) is 3.95. The molecule has 4 heteroatoms. The van der Waals surface area contributed by atoms with E-state index in [1.165, 1.54) is 0 Å². The predicted molar refractivity (Wildman–Crippen MR) is 63.0 cm³/mol. The second kappa shape index (κ2) is 6.33. The van der Waals surface area contributed by atoms with Gasteiger partial charge in [-0.3, -0.25) is 4.79 Å². The number of hydrogen-bond acceptors (Lipinski definition) is 3. The zero-order chi connectivity index (χ0) is 12.0. The van der Waals surface area contributed by atoms with Crippen LogP contribution < -0.4 is 10.6 Å². The lowest BCUT2D eigenvalue weighted by atomic mass is 10.2. The van der Waals surface area contributed by atoms with Crippen LogP contribution in [0.25, 0.3) is 0 Å². The monoisotopic (exact) mass is 224 g/mol. The highest BCUT2D eigenvalue weighted by Gasteiger charge is 2.08. The van der Waals surface area contributed by atoms with Gasteiger partial charge in [0, 0.05) is 12.5 Å². The van der Waals surface area contributed by atoms with E-state index in [1.54, 1.807) is 0 Å². The minimum Gasteiger partial charge on any atom is -0.465 e. The number of aryl methyl sites for hydroxylation is 1. The molecule has 16 heavy (non-hydrogen) atoms. The first-order chi connectivity index (χ1) is 7.61.